The summed E-state index contributed by atoms with van der Waals surface area (Å²) in [5, 5.41) is 0. The summed E-state index contributed by atoms with van der Waals surface area (Å²) >= 11 is 0. The number of fused-ring (bicyclic) bond motifs is 1. The van der Waals surface area contributed by atoms with E-state index >= 15 is 0 Å². The number of likely N-dealkylation sites (N-methyl/N-ethyl adjacent to an activating group) is 1. The van der Waals surface area contributed by atoms with Gasteiger partial charge in [-0.3, -0.25) is 9.69 Å². The lowest BCUT2D eigenvalue weighted by atomic mass is 10.0. The summed E-state index contributed by atoms with van der Waals surface area (Å²) < 4.78 is 10.5. The van der Waals surface area contributed by atoms with Gasteiger partial charge in [0.05, 0.1) is 6.04 Å². The molecule has 1 aliphatic heterocycles. The lowest BCUT2D eigenvalue weighted by Crippen LogP contribution is -2.38. The van der Waals surface area contributed by atoms with Crippen LogP contribution in [-0.4, -0.2) is 36.6 Å². The van der Waals surface area contributed by atoms with Gasteiger partial charge in [0.25, 0.3) is 0 Å². The number of carbonyl (C=O) groups excluding carboxylic acids is 1. The second-order valence-electron chi connectivity index (χ2n) is 4.33. The van der Waals surface area contributed by atoms with Crippen molar-refractivity contribution in [2.45, 2.75) is 26.8 Å². The molecular weight excluding hydrogens is 266 g/mol. The fraction of sp³-hybridized carbons (Fsp3) is 0.500. The molecule has 5 heteroatoms. The molecule has 2 rings (SSSR count). The van der Waals surface area contributed by atoms with E-state index in [1.165, 1.54) is 0 Å². The number of hydrogen-bond acceptors (Lipinski definition) is 4. The molecule has 0 saturated heterocycles. The lowest BCUT2D eigenvalue weighted by Gasteiger charge is -2.25. The van der Waals surface area contributed by atoms with Crippen LogP contribution >= 0.6 is 12.4 Å². The molecule has 0 bridgehead atoms. The summed E-state index contributed by atoms with van der Waals surface area (Å²) in [5.74, 6) is 1.49. The molecule has 0 N–H and O–H groups in total. The molecule has 19 heavy (non-hydrogen) atoms. The zero-order valence-corrected chi connectivity index (χ0v) is 12.3. The van der Waals surface area contributed by atoms with Crippen LogP contribution < -0.4 is 9.47 Å². The number of Topliss-reactive ketones (excluding diaryl/α,β-unsaturated/α-hetero) is 1. The zero-order chi connectivity index (χ0) is 13.1. The van der Waals surface area contributed by atoms with Gasteiger partial charge in [0.2, 0.25) is 6.79 Å². The van der Waals surface area contributed by atoms with E-state index in [0.29, 0.717) is 17.1 Å². The second kappa shape index (κ2) is 6.78. The Bertz CT molecular complexity index is 446. The van der Waals surface area contributed by atoms with E-state index < -0.39 is 0 Å². The summed E-state index contributed by atoms with van der Waals surface area (Å²) in [4.78, 5) is 14.5. The third-order valence-electron chi connectivity index (χ3n) is 3.40. The minimum Gasteiger partial charge on any atom is -0.454 e. The molecule has 0 aliphatic carbocycles. The average Bonchev–Trinajstić information content (AvgIpc) is 2.86. The van der Waals surface area contributed by atoms with Crippen molar-refractivity contribution in [3.63, 3.8) is 0 Å². The second-order valence-corrected chi connectivity index (χ2v) is 4.33. The average molecular weight is 286 g/mol. The van der Waals surface area contributed by atoms with E-state index in [-0.39, 0.29) is 31.0 Å². The number of carbonyl (C=O) groups is 1. The van der Waals surface area contributed by atoms with E-state index in [1.54, 1.807) is 18.2 Å². The molecule has 0 aromatic heterocycles. The van der Waals surface area contributed by atoms with Crippen LogP contribution in [0.25, 0.3) is 0 Å². The van der Waals surface area contributed by atoms with Crippen molar-refractivity contribution < 1.29 is 14.3 Å². The molecule has 1 aromatic carbocycles. The molecule has 0 fully saturated rings. The number of hydrogen-bond donors (Lipinski definition) is 0. The van der Waals surface area contributed by atoms with Gasteiger partial charge in [-0.1, -0.05) is 13.8 Å². The van der Waals surface area contributed by atoms with Gasteiger partial charge in [-0.2, -0.15) is 0 Å². The standard InChI is InChI=1S/C14H19NO3.ClH/c1-4-15(5-2)10(3)14(16)11-6-7-12-13(8-11)18-9-17-12;/h6-8,10H,4-5,9H2,1-3H3;1H. The first-order valence-corrected chi connectivity index (χ1v) is 6.35. The molecule has 4 nitrogen and oxygen atoms in total. The van der Waals surface area contributed by atoms with Crippen molar-refractivity contribution in [3.05, 3.63) is 23.8 Å². The van der Waals surface area contributed by atoms with Crippen LogP contribution in [0.3, 0.4) is 0 Å². The summed E-state index contributed by atoms with van der Waals surface area (Å²) in [5.41, 5.74) is 0.679. The van der Waals surface area contributed by atoms with Gasteiger partial charge in [0.1, 0.15) is 0 Å². The van der Waals surface area contributed by atoms with E-state index in [4.69, 9.17) is 9.47 Å². The molecule has 1 atom stereocenters. The van der Waals surface area contributed by atoms with Crippen molar-refractivity contribution in [2.75, 3.05) is 19.9 Å². The maximum absolute atomic E-state index is 12.4. The summed E-state index contributed by atoms with van der Waals surface area (Å²) in [6, 6.07) is 5.26. The van der Waals surface area contributed by atoms with Crippen LogP contribution in [0.4, 0.5) is 0 Å². The van der Waals surface area contributed by atoms with Gasteiger partial charge < -0.3 is 9.47 Å². The number of nitrogens with zero attached hydrogens (tertiary/aromatic N) is 1. The lowest BCUT2D eigenvalue weighted by molar-refractivity contribution is 0.0851. The van der Waals surface area contributed by atoms with Crippen molar-refractivity contribution in [1.82, 2.24) is 4.90 Å². The zero-order valence-electron chi connectivity index (χ0n) is 11.5. The fourth-order valence-electron chi connectivity index (χ4n) is 2.23. The van der Waals surface area contributed by atoms with Gasteiger partial charge >= 0.3 is 0 Å². The van der Waals surface area contributed by atoms with Gasteiger partial charge in [-0.05, 0) is 38.2 Å². The number of ether oxygens (including phenoxy) is 2. The third kappa shape index (κ3) is 3.19. The molecule has 1 unspecified atom stereocenters. The van der Waals surface area contributed by atoms with E-state index in [1.807, 2.05) is 6.92 Å². The smallest absolute Gasteiger partial charge is 0.231 e. The number of halogens is 1. The summed E-state index contributed by atoms with van der Waals surface area (Å²) in [7, 11) is 0. The van der Waals surface area contributed by atoms with E-state index in [9.17, 15) is 4.79 Å². The van der Waals surface area contributed by atoms with E-state index in [0.717, 1.165) is 13.1 Å². The molecule has 0 saturated carbocycles. The quantitative estimate of drug-likeness (QED) is 0.780. The van der Waals surface area contributed by atoms with Gasteiger partial charge in [-0.15, -0.1) is 12.4 Å². The predicted molar refractivity (Wildman–Crippen MR) is 76.5 cm³/mol. The molecule has 0 spiro atoms. The first-order valence-electron chi connectivity index (χ1n) is 6.35. The van der Waals surface area contributed by atoms with Crippen molar-refractivity contribution >= 4 is 18.2 Å². The Morgan fingerprint density at radius 3 is 2.53 bits per heavy atom. The number of ketones is 1. The summed E-state index contributed by atoms with van der Waals surface area (Å²) in [6.07, 6.45) is 0. The summed E-state index contributed by atoms with van der Waals surface area (Å²) in [6.45, 7) is 8.04. The minimum absolute atomic E-state index is 0. The molecule has 1 aromatic rings. The topological polar surface area (TPSA) is 38.8 Å². The van der Waals surface area contributed by atoms with Crippen molar-refractivity contribution in [3.8, 4) is 11.5 Å². The Balaban J connectivity index is 0.00000180. The maximum atomic E-state index is 12.4. The molecule has 106 valence electrons. The van der Waals surface area contributed by atoms with Gasteiger partial charge in [0.15, 0.2) is 17.3 Å². The number of benzene rings is 1. The largest absolute Gasteiger partial charge is 0.454 e. The number of rotatable bonds is 5. The molecular formula is C14H20ClNO3. The van der Waals surface area contributed by atoms with Crippen molar-refractivity contribution in [1.29, 1.82) is 0 Å². The SMILES string of the molecule is CCN(CC)C(C)C(=O)c1ccc2c(c1)OCO2.Cl. The Morgan fingerprint density at radius 2 is 1.89 bits per heavy atom. The molecule has 1 heterocycles. The Hall–Kier alpha value is -1.26. The van der Waals surface area contributed by atoms with Crippen LogP contribution in [-0.2, 0) is 0 Å². The highest BCUT2D eigenvalue weighted by Gasteiger charge is 2.22. The first-order chi connectivity index (χ1) is 8.67. The maximum Gasteiger partial charge on any atom is 0.231 e. The monoisotopic (exact) mass is 285 g/mol. The molecule has 0 radical (unpaired) electrons. The highest BCUT2D eigenvalue weighted by Crippen LogP contribution is 2.32. The normalized spacial score (nSPS) is 14.1. The Morgan fingerprint density at radius 1 is 1.26 bits per heavy atom. The molecule has 1 aliphatic rings. The van der Waals surface area contributed by atoms with E-state index in [2.05, 4.69) is 18.7 Å². The van der Waals surface area contributed by atoms with Crippen LogP contribution in [0.15, 0.2) is 18.2 Å². The van der Waals surface area contributed by atoms with Crippen LogP contribution in [0.1, 0.15) is 31.1 Å². The van der Waals surface area contributed by atoms with Gasteiger partial charge in [0, 0.05) is 5.56 Å². The minimum atomic E-state index is -0.111. The van der Waals surface area contributed by atoms with Gasteiger partial charge in [-0.25, -0.2) is 0 Å². The third-order valence-corrected chi connectivity index (χ3v) is 3.40. The van der Waals surface area contributed by atoms with Crippen LogP contribution in [0, 0.1) is 0 Å². The van der Waals surface area contributed by atoms with Crippen LogP contribution in [0.5, 0.6) is 11.5 Å². The first kappa shape index (κ1) is 15.8. The van der Waals surface area contributed by atoms with Crippen molar-refractivity contribution in [2.24, 2.45) is 0 Å². The van der Waals surface area contributed by atoms with Crippen LogP contribution in [0.2, 0.25) is 0 Å². The highest BCUT2D eigenvalue weighted by atomic mass is 35.5. The Kier molecular flexibility index (Phi) is 5.63. The highest BCUT2D eigenvalue weighted by molar-refractivity contribution is 6.00. The Labute approximate surface area is 120 Å². The predicted octanol–water partition coefficient (Wildman–Crippen LogP) is 2.75. The molecule has 0 amide bonds. The fourth-order valence-corrected chi connectivity index (χ4v) is 2.23.